The van der Waals surface area contributed by atoms with Crippen molar-refractivity contribution in [3.8, 4) is 11.5 Å². The molecule has 0 saturated carbocycles. The van der Waals surface area contributed by atoms with Crippen molar-refractivity contribution in [1.29, 1.82) is 0 Å². The third kappa shape index (κ3) is 8.24. The molecule has 2 aromatic rings. The molecule has 0 spiro atoms. The minimum atomic E-state index is -0.726. The Kier molecular flexibility index (Phi) is 10.1. The predicted molar refractivity (Wildman–Crippen MR) is 94.8 cm³/mol. The topological polar surface area (TPSA) is 58.9 Å². The molecule has 0 aromatic heterocycles. The molecule has 25 heavy (non-hydrogen) atoms. The Morgan fingerprint density at radius 1 is 0.840 bits per heavy atom. The van der Waals surface area contributed by atoms with Crippen LogP contribution < -0.4 is 9.47 Å². The van der Waals surface area contributed by atoms with Gasteiger partial charge in [-0.1, -0.05) is 24.3 Å². The number of benzene rings is 2. The van der Waals surface area contributed by atoms with Gasteiger partial charge in [0.05, 0.1) is 12.5 Å². The molecule has 0 aliphatic carbocycles. The standard InChI is InChI=1S/C19H22ClO4.W/c1-14(21)12-23-18-6-2-15(3-7-18)10-16-4-8-19(9-5-16)24-13-17(22)11-20;/h2-9,14,17,21-22H,1,10-13H2;/q-1;. The van der Waals surface area contributed by atoms with Crippen LogP contribution in [0.4, 0.5) is 0 Å². The summed E-state index contributed by atoms with van der Waals surface area (Å²) in [7, 11) is 0. The van der Waals surface area contributed by atoms with Gasteiger partial charge in [-0.2, -0.15) is 0 Å². The minimum absolute atomic E-state index is 0. The normalized spacial score (nSPS) is 12.8. The Labute approximate surface area is 168 Å². The molecule has 2 aromatic carbocycles. The summed E-state index contributed by atoms with van der Waals surface area (Å²) in [5.74, 6) is 1.58. The van der Waals surface area contributed by atoms with Crippen molar-refractivity contribution in [3.63, 3.8) is 0 Å². The Hall–Kier alpha value is -1.06. The average Bonchev–Trinajstić information content (AvgIpc) is 2.60. The summed E-state index contributed by atoms with van der Waals surface area (Å²) in [6.07, 6.45) is -0.587. The molecular formula is C19H22ClO4W-. The first-order valence-corrected chi connectivity index (χ1v) is 8.29. The Morgan fingerprint density at radius 3 is 1.68 bits per heavy atom. The number of hydrogen-bond acceptors (Lipinski definition) is 4. The van der Waals surface area contributed by atoms with Gasteiger partial charge in [0.1, 0.15) is 24.2 Å². The number of alkyl halides is 1. The second kappa shape index (κ2) is 11.5. The average molecular weight is 534 g/mol. The molecule has 0 aliphatic rings. The van der Waals surface area contributed by atoms with Crippen LogP contribution in [0.15, 0.2) is 48.5 Å². The Morgan fingerprint density at radius 2 is 1.28 bits per heavy atom. The van der Waals surface area contributed by atoms with E-state index in [1.54, 1.807) is 0 Å². The molecule has 2 rings (SSSR count). The zero-order valence-corrected chi connectivity index (χ0v) is 17.5. The fraction of sp³-hybridized carbons (Fsp3) is 0.316. The quantitative estimate of drug-likeness (QED) is 0.385. The fourth-order valence-electron chi connectivity index (χ4n) is 2.07. The van der Waals surface area contributed by atoms with Gasteiger partial charge in [-0.05, 0) is 47.9 Å². The smallest absolute Gasteiger partial charge is 0.119 e. The van der Waals surface area contributed by atoms with E-state index in [9.17, 15) is 5.11 Å². The van der Waals surface area contributed by atoms with Gasteiger partial charge in [-0.15, -0.1) is 11.6 Å². The summed E-state index contributed by atoms with van der Waals surface area (Å²) in [6, 6.07) is 15.5. The first-order chi connectivity index (χ1) is 11.6. The zero-order valence-electron chi connectivity index (χ0n) is 13.8. The third-order valence-corrected chi connectivity index (χ3v) is 3.67. The number of rotatable bonds is 9. The van der Waals surface area contributed by atoms with E-state index in [1.807, 2.05) is 48.5 Å². The molecule has 2 unspecified atom stereocenters. The number of aliphatic hydroxyl groups excluding tert-OH is 2. The molecule has 0 saturated heterocycles. The number of hydrogen-bond donors (Lipinski definition) is 2. The van der Waals surface area contributed by atoms with Crippen molar-refractivity contribution in [2.24, 2.45) is 0 Å². The molecular weight excluding hydrogens is 511 g/mol. The van der Waals surface area contributed by atoms with Gasteiger partial charge >= 0.3 is 0 Å². The van der Waals surface area contributed by atoms with Crippen molar-refractivity contribution in [2.75, 3.05) is 19.1 Å². The molecule has 136 valence electrons. The first kappa shape index (κ1) is 22.0. The van der Waals surface area contributed by atoms with E-state index < -0.39 is 12.2 Å². The van der Waals surface area contributed by atoms with E-state index in [2.05, 4.69) is 6.92 Å². The van der Waals surface area contributed by atoms with Crippen LogP contribution >= 0.6 is 11.6 Å². The second-order valence-corrected chi connectivity index (χ2v) is 5.86. The van der Waals surface area contributed by atoms with Gasteiger partial charge in [0, 0.05) is 21.1 Å². The summed E-state index contributed by atoms with van der Waals surface area (Å²) in [5.41, 5.74) is 2.31. The summed E-state index contributed by atoms with van der Waals surface area (Å²) in [4.78, 5) is 0. The molecule has 0 radical (unpaired) electrons. The van der Waals surface area contributed by atoms with Crippen LogP contribution in [0.25, 0.3) is 0 Å². The van der Waals surface area contributed by atoms with Gasteiger partial charge in [-0.3, -0.25) is 0 Å². The van der Waals surface area contributed by atoms with E-state index in [4.69, 9.17) is 26.2 Å². The van der Waals surface area contributed by atoms with Gasteiger partial charge in [0.15, 0.2) is 0 Å². The van der Waals surface area contributed by atoms with Gasteiger partial charge in [0.25, 0.3) is 0 Å². The number of aliphatic hydroxyl groups is 2. The van der Waals surface area contributed by atoms with E-state index in [0.29, 0.717) is 11.5 Å². The number of halogens is 1. The van der Waals surface area contributed by atoms with Gasteiger partial charge in [-0.25, -0.2) is 0 Å². The summed E-state index contributed by atoms with van der Waals surface area (Å²) >= 11 is 5.53. The molecule has 0 bridgehead atoms. The Bertz CT molecular complexity index is 602. The van der Waals surface area contributed by atoms with Crippen molar-refractivity contribution < 1.29 is 40.8 Å². The van der Waals surface area contributed by atoms with Crippen molar-refractivity contribution in [2.45, 2.75) is 18.6 Å². The molecule has 0 heterocycles. The molecule has 2 N–H and O–H groups in total. The van der Waals surface area contributed by atoms with Crippen LogP contribution in [0.2, 0.25) is 0 Å². The fourth-order valence-corrected chi connectivity index (χ4v) is 2.16. The summed E-state index contributed by atoms with van der Waals surface area (Å²) in [6.45, 7) is 3.83. The van der Waals surface area contributed by atoms with E-state index in [-0.39, 0.29) is 40.2 Å². The molecule has 2 atom stereocenters. The minimum Gasteiger partial charge on any atom is -0.494 e. The van der Waals surface area contributed by atoms with Crippen LogP contribution in [0.5, 0.6) is 11.5 Å². The summed E-state index contributed by atoms with van der Waals surface area (Å²) in [5, 5.41) is 18.5. The SMILES string of the molecule is [CH2-]C(O)COc1ccc(Cc2ccc(OCC(O)CCl)cc2)cc1.[W]. The van der Waals surface area contributed by atoms with Crippen molar-refractivity contribution in [1.82, 2.24) is 0 Å². The second-order valence-electron chi connectivity index (χ2n) is 5.55. The molecule has 0 aliphatic heterocycles. The van der Waals surface area contributed by atoms with E-state index in [1.165, 1.54) is 0 Å². The Balaban J connectivity index is 0.00000312. The molecule has 6 heteroatoms. The molecule has 0 amide bonds. The predicted octanol–water partition coefficient (Wildman–Crippen LogP) is 2.83. The van der Waals surface area contributed by atoms with Crippen LogP contribution in [0, 0.1) is 6.92 Å². The number of ether oxygens (including phenoxy) is 2. The van der Waals surface area contributed by atoms with Crippen molar-refractivity contribution in [3.05, 3.63) is 66.6 Å². The monoisotopic (exact) mass is 533 g/mol. The zero-order chi connectivity index (χ0) is 17.4. The van der Waals surface area contributed by atoms with Crippen LogP contribution in [0.3, 0.4) is 0 Å². The van der Waals surface area contributed by atoms with E-state index in [0.717, 1.165) is 17.5 Å². The maximum absolute atomic E-state index is 9.38. The third-order valence-electron chi connectivity index (χ3n) is 3.32. The molecule has 0 fully saturated rings. The van der Waals surface area contributed by atoms with E-state index >= 15 is 0 Å². The van der Waals surface area contributed by atoms with Crippen LogP contribution in [-0.2, 0) is 27.5 Å². The van der Waals surface area contributed by atoms with Gasteiger partial charge < -0.3 is 26.6 Å². The van der Waals surface area contributed by atoms with Crippen LogP contribution in [0.1, 0.15) is 11.1 Å². The first-order valence-electron chi connectivity index (χ1n) is 7.75. The van der Waals surface area contributed by atoms with Crippen molar-refractivity contribution >= 4 is 11.6 Å². The maximum atomic E-state index is 9.38. The largest absolute Gasteiger partial charge is 0.494 e. The maximum Gasteiger partial charge on any atom is 0.119 e. The van der Waals surface area contributed by atoms with Gasteiger partial charge in [0.2, 0.25) is 0 Å². The van der Waals surface area contributed by atoms with Crippen LogP contribution in [-0.4, -0.2) is 41.5 Å². The summed E-state index contributed by atoms with van der Waals surface area (Å²) < 4.78 is 10.8. The molecule has 4 nitrogen and oxygen atoms in total.